The number of carbonyl (C=O) groups excluding carboxylic acids is 1. The zero-order valence-electron chi connectivity index (χ0n) is 12.0. The van der Waals surface area contributed by atoms with Crippen LogP contribution in [-0.4, -0.2) is 25.0 Å². The van der Waals surface area contributed by atoms with E-state index in [0.29, 0.717) is 0 Å². The number of hydrogen-bond donors (Lipinski definition) is 2. The predicted octanol–water partition coefficient (Wildman–Crippen LogP) is 2.32. The van der Waals surface area contributed by atoms with E-state index in [1.807, 2.05) is 0 Å². The molecule has 0 aromatic rings. The Morgan fingerprint density at radius 3 is 2.59 bits per heavy atom. The van der Waals surface area contributed by atoms with E-state index < -0.39 is 0 Å². The molecule has 100 valence electrons. The van der Waals surface area contributed by atoms with E-state index in [0.717, 1.165) is 25.9 Å². The number of carbonyl (C=O) groups is 1. The van der Waals surface area contributed by atoms with Crippen LogP contribution in [0, 0.1) is 10.8 Å². The molecule has 1 fully saturated rings. The fraction of sp³-hybridized carbons (Fsp3) is 0.929. The minimum Gasteiger partial charge on any atom is -0.355 e. The average molecular weight is 240 g/mol. The van der Waals surface area contributed by atoms with E-state index in [9.17, 15) is 4.79 Å². The number of rotatable bonds is 3. The van der Waals surface area contributed by atoms with Crippen molar-refractivity contribution in [3.05, 3.63) is 0 Å². The van der Waals surface area contributed by atoms with Gasteiger partial charge in [0.1, 0.15) is 0 Å². The SMILES string of the molecule is CC(C)(C)CCNC(=O)C1NCCCC1(C)C. The van der Waals surface area contributed by atoms with Crippen LogP contribution in [0.5, 0.6) is 0 Å². The molecule has 3 heteroatoms. The molecule has 1 saturated heterocycles. The van der Waals surface area contributed by atoms with Crippen LogP contribution in [0.4, 0.5) is 0 Å². The topological polar surface area (TPSA) is 41.1 Å². The second-order valence-electron chi connectivity index (χ2n) is 7.08. The first-order chi connectivity index (χ1) is 7.72. The normalized spacial score (nSPS) is 24.4. The molecule has 1 rings (SSSR count). The molecule has 0 spiro atoms. The smallest absolute Gasteiger partial charge is 0.237 e. The Morgan fingerprint density at radius 2 is 2.06 bits per heavy atom. The first-order valence-corrected chi connectivity index (χ1v) is 6.73. The van der Waals surface area contributed by atoms with Crippen molar-refractivity contribution in [2.24, 2.45) is 10.8 Å². The highest BCUT2D eigenvalue weighted by atomic mass is 16.2. The highest BCUT2D eigenvalue weighted by Gasteiger charge is 2.36. The molecule has 1 amide bonds. The van der Waals surface area contributed by atoms with Crippen LogP contribution in [0.25, 0.3) is 0 Å². The molecule has 17 heavy (non-hydrogen) atoms. The molecular weight excluding hydrogens is 212 g/mol. The monoisotopic (exact) mass is 240 g/mol. The molecule has 0 bridgehead atoms. The molecule has 1 aliphatic heterocycles. The van der Waals surface area contributed by atoms with E-state index in [1.54, 1.807) is 0 Å². The molecule has 0 radical (unpaired) electrons. The summed E-state index contributed by atoms with van der Waals surface area (Å²) < 4.78 is 0. The Kier molecular flexibility index (Phi) is 4.59. The largest absolute Gasteiger partial charge is 0.355 e. The Bertz CT molecular complexity index is 266. The van der Waals surface area contributed by atoms with Gasteiger partial charge in [-0.05, 0) is 36.6 Å². The Hall–Kier alpha value is -0.570. The summed E-state index contributed by atoms with van der Waals surface area (Å²) in [6.07, 6.45) is 3.31. The minimum atomic E-state index is -0.0313. The summed E-state index contributed by atoms with van der Waals surface area (Å²) in [5.74, 6) is 0.166. The van der Waals surface area contributed by atoms with E-state index in [4.69, 9.17) is 0 Å². The van der Waals surface area contributed by atoms with Crippen LogP contribution in [0.3, 0.4) is 0 Å². The maximum atomic E-state index is 12.1. The summed E-state index contributed by atoms with van der Waals surface area (Å²) in [6, 6.07) is -0.0313. The van der Waals surface area contributed by atoms with E-state index in [1.165, 1.54) is 6.42 Å². The van der Waals surface area contributed by atoms with Gasteiger partial charge in [-0.1, -0.05) is 34.6 Å². The Morgan fingerprint density at radius 1 is 1.41 bits per heavy atom. The van der Waals surface area contributed by atoms with Gasteiger partial charge >= 0.3 is 0 Å². The van der Waals surface area contributed by atoms with Gasteiger partial charge in [-0.3, -0.25) is 4.79 Å². The molecule has 0 saturated carbocycles. The third-order valence-electron chi connectivity index (χ3n) is 3.56. The Balaban J connectivity index is 2.41. The van der Waals surface area contributed by atoms with Crippen molar-refractivity contribution in [2.45, 2.75) is 59.9 Å². The average Bonchev–Trinajstić information content (AvgIpc) is 2.14. The molecule has 0 aliphatic carbocycles. The zero-order chi connectivity index (χ0) is 13.1. The zero-order valence-corrected chi connectivity index (χ0v) is 12.0. The number of amides is 1. The van der Waals surface area contributed by atoms with Crippen molar-refractivity contribution >= 4 is 5.91 Å². The van der Waals surface area contributed by atoms with E-state index in [-0.39, 0.29) is 22.8 Å². The molecule has 3 nitrogen and oxygen atoms in total. The van der Waals surface area contributed by atoms with Crippen LogP contribution in [0.1, 0.15) is 53.9 Å². The Labute approximate surface area is 106 Å². The number of nitrogens with one attached hydrogen (secondary N) is 2. The molecule has 0 aromatic carbocycles. The van der Waals surface area contributed by atoms with E-state index >= 15 is 0 Å². The lowest BCUT2D eigenvalue weighted by Gasteiger charge is -2.38. The minimum absolute atomic E-state index is 0.0313. The van der Waals surface area contributed by atoms with Crippen molar-refractivity contribution in [3.63, 3.8) is 0 Å². The fourth-order valence-electron chi connectivity index (χ4n) is 2.32. The number of piperidine rings is 1. The van der Waals surface area contributed by atoms with Crippen molar-refractivity contribution in [3.8, 4) is 0 Å². The standard InChI is InChI=1S/C14H28N2O/c1-13(2,3)8-10-16-12(17)11-14(4,5)7-6-9-15-11/h11,15H,6-10H2,1-5H3,(H,16,17). The van der Waals surface area contributed by atoms with Crippen molar-refractivity contribution in [1.29, 1.82) is 0 Å². The highest BCUT2D eigenvalue weighted by Crippen LogP contribution is 2.30. The van der Waals surface area contributed by atoms with Gasteiger partial charge in [0, 0.05) is 6.54 Å². The fourth-order valence-corrected chi connectivity index (χ4v) is 2.32. The van der Waals surface area contributed by atoms with Gasteiger partial charge in [0.2, 0.25) is 5.91 Å². The van der Waals surface area contributed by atoms with Gasteiger partial charge in [-0.15, -0.1) is 0 Å². The van der Waals surface area contributed by atoms with Crippen LogP contribution in [-0.2, 0) is 4.79 Å². The van der Waals surface area contributed by atoms with Crippen LogP contribution in [0.2, 0.25) is 0 Å². The lowest BCUT2D eigenvalue weighted by atomic mass is 9.77. The summed E-state index contributed by atoms with van der Waals surface area (Å²) in [4.78, 5) is 12.1. The lowest BCUT2D eigenvalue weighted by Crippen LogP contribution is -2.55. The molecule has 1 heterocycles. The van der Waals surface area contributed by atoms with Gasteiger partial charge < -0.3 is 10.6 Å². The first kappa shape index (κ1) is 14.5. The van der Waals surface area contributed by atoms with Crippen molar-refractivity contribution < 1.29 is 4.79 Å². The van der Waals surface area contributed by atoms with Crippen LogP contribution >= 0.6 is 0 Å². The molecular formula is C14H28N2O. The van der Waals surface area contributed by atoms with Gasteiger partial charge in [-0.25, -0.2) is 0 Å². The van der Waals surface area contributed by atoms with Gasteiger partial charge in [0.05, 0.1) is 6.04 Å². The third-order valence-corrected chi connectivity index (χ3v) is 3.56. The third kappa shape index (κ3) is 4.66. The molecule has 2 N–H and O–H groups in total. The highest BCUT2D eigenvalue weighted by molar-refractivity contribution is 5.82. The maximum Gasteiger partial charge on any atom is 0.237 e. The van der Waals surface area contributed by atoms with E-state index in [2.05, 4.69) is 45.3 Å². The quantitative estimate of drug-likeness (QED) is 0.795. The van der Waals surface area contributed by atoms with Crippen molar-refractivity contribution in [2.75, 3.05) is 13.1 Å². The molecule has 1 unspecified atom stereocenters. The summed E-state index contributed by atoms with van der Waals surface area (Å²) in [7, 11) is 0. The second-order valence-corrected chi connectivity index (χ2v) is 7.08. The molecule has 0 aromatic heterocycles. The predicted molar refractivity (Wildman–Crippen MR) is 71.9 cm³/mol. The number of hydrogen-bond acceptors (Lipinski definition) is 2. The van der Waals surface area contributed by atoms with Gasteiger partial charge in [0.25, 0.3) is 0 Å². The summed E-state index contributed by atoms with van der Waals surface area (Å²) >= 11 is 0. The van der Waals surface area contributed by atoms with Crippen LogP contribution < -0.4 is 10.6 Å². The van der Waals surface area contributed by atoms with Crippen LogP contribution in [0.15, 0.2) is 0 Å². The summed E-state index contributed by atoms with van der Waals surface area (Å²) in [5.41, 5.74) is 0.354. The van der Waals surface area contributed by atoms with Gasteiger partial charge in [-0.2, -0.15) is 0 Å². The summed E-state index contributed by atoms with van der Waals surface area (Å²) in [5, 5.41) is 6.41. The first-order valence-electron chi connectivity index (χ1n) is 6.73. The molecule has 1 atom stereocenters. The lowest BCUT2D eigenvalue weighted by molar-refractivity contribution is -0.126. The molecule has 1 aliphatic rings. The van der Waals surface area contributed by atoms with Gasteiger partial charge in [0.15, 0.2) is 0 Å². The second kappa shape index (κ2) is 5.38. The maximum absolute atomic E-state index is 12.1. The van der Waals surface area contributed by atoms with Crippen molar-refractivity contribution in [1.82, 2.24) is 10.6 Å². The summed E-state index contributed by atoms with van der Waals surface area (Å²) in [6.45, 7) is 12.7.